The molecule has 2 bridgehead atoms. The van der Waals surface area contributed by atoms with E-state index in [0.29, 0.717) is 25.8 Å². The van der Waals surface area contributed by atoms with Crippen molar-refractivity contribution in [1.29, 1.82) is 0 Å². The van der Waals surface area contributed by atoms with Gasteiger partial charge in [0.2, 0.25) is 11.8 Å². The van der Waals surface area contributed by atoms with Gasteiger partial charge in [0.25, 0.3) is 0 Å². The number of aliphatic hydroxyl groups is 1. The monoisotopic (exact) mass is 504 g/mol. The molecule has 8 nitrogen and oxygen atoms in total. The Morgan fingerprint density at radius 1 is 1.33 bits per heavy atom. The Kier molecular flexibility index (Phi) is 8.11. The van der Waals surface area contributed by atoms with Crippen molar-refractivity contribution >= 4 is 17.8 Å². The molecule has 3 aliphatic rings. The summed E-state index contributed by atoms with van der Waals surface area (Å²) in [5, 5.41) is 10.2. The van der Waals surface area contributed by atoms with Gasteiger partial charge in [0.15, 0.2) is 0 Å². The van der Waals surface area contributed by atoms with Crippen molar-refractivity contribution in [2.24, 2.45) is 17.8 Å². The lowest BCUT2D eigenvalue weighted by atomic mass is 9.62. The van der Waals surface area contributed by atoms with E-state index in [0.717, 1.165) is 6.42 Å². The number of likely N-dealkylation sites (tertiary alicyclic amines) is 1. The predicted octanol–water partition coefficient (Wildman–Crippen LogP) is 3.09. The van der Waals surface area contributed by atoms with Gasteiger partial charge >= 0.3 is 5.97 Å². The highest BCUT2D eigenvalue weighted by Gasteiger charge is 2.80. The van der Waals surface area contributed by atoms with Gasteiger partial charge in [0, 0.05) is 12.1 Å². The second-order valence-corrected chi connectivity index (χ2v) is 11.7. The molecule has 1 spiro atoms. The van der Waals surface area contributed by atoms with Gasteiger partial charge in [-0.15, -0.1) is 13.2 Å². The molecule has 202 valence electrons. The Morgan fingerprint density at radius 2 is 2.00 bits per heavy atom. The maximum atomic E-state index is 14.3. The third kappa shape index (κ3) is 4.30. The minimum atomic E-state index is -1.17. The van der Waals surface area contributed by atoms with Gasteiger partial charge in [0.05, 0.1) is 30.8 Å². The molecule has 0 saturated carbocycles. The van der Waals surface area contributed by atoms with Crippen LogP contribution in [0.15, 0.2) is 25.3 Å². The lowest BCUT2D eigenvalue weighted by molar-refractivity contribution is -0.164. The molecule has 0 aromatic carbocycles. The lowest BCUT2D eigenvalue weighted by Gasteiger charge is -2.43. The average Bonchev–Trinajstić information content (AvgIpc) is 3.32. The van der Waals surface area contributed by atoms with Crippen LogP contribution in [0.5, 0.6) is 0 Å². The van der Waals surface area contributed by atoms with Gasteiger partial charge in [-0.1, -0.05) is 26.0 Å². The first-order valence-corrected chi connectivity index (χ1v) is 13.2. The molecule has 0 radical (unpaired) electrons. The molecule has 0 aromatic heterocycles. The fourth-order valence-electron chi connectivity index (χ4n) is 6.58. The van der Waals surface area contributed by atoms with Crippen molar-refractivity contribution < 1.29 is 29.0 Å². The molecule has 1 N–H and O–H groups in total. The van der Waals surface area contributed by atoms with E-state index in [9.17, 15) is 19.5 Å². The molecule has 3 heterocycles. The molecule has 3 unspecified atom stereocenters. The molecule has 3 aliphatic heterocycles. The maximum absolute atomic E-state index is 14.3. The summed E-state index contributed by atoms with van der Waals surface area (Å²) in [7, 11) is 0. The van der Waals surface area contributed by atoms with E-state index in [1.807, 2.05) is 41.5 Å². The summed E-state index contributed by atoms with van der Waals surface area (Å²) in [6.45, 7) is 19.3. The molecule has 2 amide bonds. The lowest BCUT2D eigenvalue weighted by Crippen LogP contribution is -2.61. The molecule has 3 fully saturated rings. The van der Waals surface area contributed by atoms with Crippen molar-refractivity contribution in [1.82, 2.24) is 9.80 Å². The van der Waals surface area contributed by atoms with Gasteiger partial charge < -0.3 is 24.4 Å². The fourth-order valence-corrected chi connectivity index (χ4v) is 6.58. The van der Waals surface area contributed by atoms with Crippen LogP contribution in [0.1, 0.15) is 67.2 Å². The molecule has 0 aliphatic carbocycles. The Balaban J connectivity index is 2.11. The highest BCUT2D eigenvalue weighted by Crippen LogP contribution is 2.65. The van der Waals surface area contributed by atoms with Gasteiger partial charge in [-0.05, 0) is 59.3 Å². The van der Waals surface area contributed by atoms with Gasteiger partial charge in [-0.3, -0.25) is 14.4 Å². The zero-order valence-corrected chi connectivity index (χ0v) is 22.8. The van der Waals surface area contributed by atoms with Crippen molar-refractivity contribution in [2.45, 2.75) is 96.1 Å². The Bertz CT molecular complexity index is 893. The molecule has 36 heavy (non-hydrogen) atoms. The van der Waals surface area contributed by atoms with Crippen molar-refractivity contribution in [3.8, 4) is 0 Å². The topological polar surface area (TPSA) is 96.4 Å². The van der Waals surface area contributed by atoms with E-state index in [2.05, 4.69) is 13.2 Å². The van der Waals surface area contributed by atoms with E-state index in [1.165, 1.54) is 4.90 Å². The summed E-state index contributed by atoms with van der Waals surface area (Å²) in [6.07, 6.45) is 5.75. The molecule has 3 rings (SSSR count). The van der Waals surface area contributed by atoms with Gasteiger partial charge in [-0.25, -0.2) is 0 Å². The number of carbonyl (C=O) groups excluding carboxylic acids is 3. The number of ether oxygens (including phenoxy) is 2. The number of hydrogen-bond donors (Lipinski definition) is 1. The number of allylic oxidation sites excluding steroid dienone is 1. The largest absolute Gasteiger partial charge is 0.465 e. The number of rotatable bonds is 11. The standard InChI is InChI=1S/C28H44N2O6/c1-9-12-13-15-35-25(34)21-20-23(32)30(19(11-3)17-31)22(24(33)29(14-10-2)26(5,6)7)28(20)16-18(4)27(21,8)36-28/h9-10,18-22,31H,1-2,11-17H2,3-8H3/t18?,19-,20-,21-,22?,27+,28?/m0/s1. The predicted molar refractivity (Wildman–Crippen MR) is 137 cm³/mol. The number of nitrogens with zero attached hydrogens (tertiary/aromatic N) is 2. The van der Waals surface area contributed by atoms with Gasteiger partial charge in [0.1, 0.15) is 17.6 Å². The SMILES string of the molecule is C=CCCCOC(=O)[C@@H]1[C@H]2C(=O)N([C@@H](CC)CO)C(C(=O)N(CC=C)C(C)(C)C)C23CC(C)[C@@]1(C)O3. The van der Waals surface area contributed by atoms with E-state index < -0.39 is 46.6 Å². The van der Waals surface area contributed by atoms with Crippen LogP contribution in [0.3, 0.4) is 0 Å². The fraction of sp³-hybridized carbons (Fsp3) is 0.750. The summed E-state index contributed by atoms with van der Waals surface area (Å²) in [6, 6.07) is -1.51. The first-order chi connectivity index (χ1) is 16.8. The third-order valence-electron chi connectivity index (χ3n) is 8.50. The van der Waals surface area contributed by atoms with Crippen LogP contribution >= 0.6 is 0 Å². The zero-order chi connectivity index (χ0) is 27.1. The number of hydrogen-bond acceptors (Lipinski definition) is 6. The molecule has 8 heteroatoms. The summed E-state index contributed by atoms with van der Waals surface area (Å²) < 4.78 is 12.4. The van der Waals surface area contributed by atoms with Crippen LogP contribution in [-0.2, 0) is 23.9 Å². The van der Waals surface area contributed by atoms with Crippen LogP contribution < -0.4 is 0 Å². The Morgan fingerprint density at radius 3 is 2.53 bits per heavy atom. The highest BCUT2D eigenvalue weighted by molar-refractivity contribution is 5.99. The zero-order valence-electron chi connectivity index (χ0n) is 22.8. The molecular formula is C28H44N2O6. The number of fused-ring (bicyclic) bond motifs is 1. The van der Waals surface area contributed by atoms with Crippen LogP contribution in [0, 0.1) is 17.8 Å². The van der Waals surface area contributed by atoms with E-state index in [4.69, 9.17) is 9.47 Å². The molecule has 0 aromatic rings. The smallest absolute Gasteiger partial charge is 0.312 e. The van der Waals surface area contributed by atoms with Crippen LogP contribution in [0.2, 0.25) is 0 Å². The minimum absolute atomic E-state index is 0.0702. The van der Waals surface area contributed by atoms with Crippen LogP contribution in [0.4, 0.5) is 0 Å². The summed E-state index contributed by atoms with van der Waals surface area (Å²) in [5.74, 6) is -2.76. The number of amides is 2. The normalized spacial score (nSPS) is 33.9. The minimum Gasteiger partial charge on any atom is -0.465 e. The second kappa shape index (κ2) is 10.3. The van der Waals surface area contributed by atoms with Gasteiger partial charge in [-0.2, -0.15) is 0 Å². The summed E-state index contributed by atoms with van der Waals surface area (Å²) in [5.41, 5.74) is -2.63. The van der Waals surface area contributed by atoms with E-state index >= 15 is 0 Å². The van der Waals surface area contributed by atoms with Crippen molar-refractivity contribution in [3.05, 3.63) is 25.3 Å². The highest BCUT2D eigenvalue weighted by atomic mass is 16.6. The summed E-state index contributed by atoms with van der Waals surface area (Å²) >= 11 is 0. The number of esters is 1. The molecule has 7 atom stereocenters. The van der Waals surface area contributed by atoms with Crippen molar-refractivity contribution in [3.63, 3.8) is 0 Å². The maximum Gasteiger partial charge on any atom is 0.312 e. The number of carbonyl (C=O) groups is 3. The number of aliphatic hydroxyl groups excluding tert-OH is 1. The number of unbranched alkanes of at least 4 members (excludes halogenated alkanes) is 1. The average molecular weight is 505 g/mol. The Labute approximate surface area is 215 Å². The third-order valence-corrected chi connectivity index (χ3v) is 8.50. The molecule has 3 saturated heterocycles. The van der Waals surface area contributed by atoms with Crippen molar-refractivity contribution in [2.75, 3.05) is 19.8 Å². The second-order valence-electron chi connectivity index (χ2n) is 11.7. The Hall–Kier alpha value is -2.19. The molecular weight excluding hydrogens is 460 g/mol. The quantitative estimate of drug-likeness (QED) is 0.264. The first-order valence-electron chi connectivity index (χ1n) is 13.2. The van der Waals surface area contributed by atoms with Crippen LogP contribution in [-0.4, -0.2) is 81.3 Å². The first kappa shape index (κ1) is 28.4. The van der Waals surface area contributed by atoms with E-state index in [-0.39, 0.29) is 30.9 Å². The summed E-state index contributed by atoms with van der Waals surface area (Å²) in [4.78, 5) is 45.2. The van der Waals surface area contributed by atoms with E-state index in [1.54, 1.807) is 17.1 Å². The van der Waals surface area contributed by atoms with Crippen LogP contribution in [0.25, 0.3) is 0 Å².